The molecule has 0 amide bonds. The van der Waals surface area contributed by atoms with Gasteiger partial charge in [-0.05, 0) is 38.5 Å². The van der Waals surface area contributed by atoms with Gasteiger partial charge >= 0.3 is 6.16 Å². The first-order valence-corrected chi connectivity index (χ1v) is 7.98. The molecular weight excluding hydrogens is 292 g/mol. The lowest BCUT2D eigenvalue weighted by molar-refractivity contribution is 0.0505. The Hall–Kier alpha value is -0.890. The molecule has 2 N–H and O–H groups in total. The average Bonchev–Trinajstić information content (AvgIpc) is 2.52. The van der Waals surface area contributed by atoms with E-state index in [1.807, 2.05) is 0 Å². The van der Waals surface area contributed by atoms with Gasteiger partial charge in [0.15, 0.2) is 0 Å². The lowest BCUT2D eigenvalue weighted by Crippen LogP contribution is -2.10. The molecular formula is C15H30O7. The molecule has 0 aromatic carbocycles. The maximum atomic E-state index is 11.2. The topological polar surface area (TPSA) is 94.5 Å². The molecule has 0 rings (SSSR count). The number of carbonyl (C=O) groups excluding carboxylic acids is 1. The molecule has 0 radical (unpaired) electrons. The Bertz CT molecular complexity index is 214. The summed E-state index contributed by atoms with van der Waals surface area (Å²) in [7, 11) is 0. The van der Waals surface area contributed by atoms with E-state index in [1.54, 1.807) is 0 Å². The number of unbranched alkanes of at least 4 members (excludes halogenated alkanes) is 4. The lowest BCUT2D eigenvalue weighted by atomic mass is 10.2. The number of rotatable bonds is 16. The number of ether oxygens (including phenoxy) is 4. The van der Waals surface area contributed by atoms with E-state index in [0.29, 0.717) is 39.6 Å². The number of aliphatic hydroxyl groups is 2. The second-order valence-corrected chi connectivity index (χ2v) is 4.74. The van der Waals surface area contributed by atoms with Gasteiger partial charge in [0.25, 0.3) is 0 Å². The molecule has 0 atom stereocenters. The zero-order chi connectivity index (χ0) is 16.3. The first kappa shape index (κ1) is 21.1. The zero-order valence-corrected chi connectivity index (χ0v) is 13.3. The van der Waals surface area contributed by atoms with E-state index in [9.17, 15) is 4.79 Å². The highest BCUT2D eigenvalue weighted by atomic mass is 16.7. The number of hydrogen-bond donors (Lipinski definition) is 2. The summed E-state index contributed by atoms with van der Waals surface area (Å²) < 4.78 is 20.1. The van der Waals surface area contributed by atoms with Crippen molar-refractivity contribution in [1.29, 1.82) is 0 Å². The normalized spacial score (nSPS) is 10.6. The third-order valence-electron chi connectivity index (χ3n) is 2.78. The van der Waals surface area contributed by atoms with Crippen LogP contribution in [0.15, 0.2) is 0 Å². The fourth-order valence-corrected chi connectivity index (χ4v) is 1.65. The van der Waals surface area contributed by atoms with Crippen molar-refractivity contribution in [2.24, 2.45) is 0 Å². The standard InChI is InChI=1S/C15H30O7/c16-7-13-19-9-3-1-5-11-21-15(18)22-12-6-2-4-10-20-14-8-17/h16-17H,1-14H2. The van der Waals surface area contributed by atoms with E-state index in [4.69, 9.17) is 29.2 Å². The summed E-state index contributed by atoms with van der Waals surface area (Å²) in [6.07, 6.45) is 4.53. The summed E-state index contributed by atoms with van der Waals surface area (Å²) >= 11 is 0. The summed E-state index contributed by atoms with van der Waals surface area (Å²) in [6, 6.07) is 0. The Labute approximate surface area is 132 Å². The number of aliphatic hydroxyl groups excluding tert-OH is 2. The van der Waals surface area contributed by atoms with Crippen LogP contribution in [0.1, 0.15) is 38.5 Å². The summed E-state index contributed by atoms with van der Waals surface area (Å²) in [5, 5.41) is 17.0. The zero-order valence-electron chi connectivity index (χ0n) is 13.3. The Morgan fingerprint density at radius 1 is 0.591 bits per heavy atom. The Morgan fingerprint density at radius 2 is 1.00 bits per heavy atom. The molecule has 0 heterocycles. The van der Waals surface area contributed by atoms with Gasteiger partial charge in [-0.1, -0.05) is 0 Å². The van der Waals surface area contributed by atoms with E-state index >= 15 is 0 Å². The molecule has 0 saturated carbocycles. The molecule has 7 heteroatoms. The smallest absolute Gasteiger partial charge is 0.434 e. The third-order valence-corrected chi connectivity index (χ3v) is 2.78. The van der Waals surface area contributed by atoms with Crippen LogP contribution in [0.25, 0.3) is 0 Å². The molecule has 132 valence electrons. The molecule has 0 aliphatic rings. The van der Waals surface area contributed by atoms with Gasteiger partial charge < -0.3 is 29.2 Å². The van der Waals surface area contributed by atoms with Crippen LogP contribution in [-0.4, -0.2) is 69.2 Å². The largest absolute Gasteiger partial charge is 0.508 e. The first-order valence-electron chi connectivity index (χ1n) is 7.98. The van der Waals surface area contributed by atoms with E-state index in [2.05, 4.69) is 0 Å². The van der Waals surface area contributed by atoms with Crippen LogP contribution in [0.3, 0.4) is 0 Å². The van der Waals surface area contributed by atoms with Crippen molar-refractivity contribution in [3.05, 3.63) is 0 Å². The highest BCUT2D eigenvalue weighted by molar-refractivity contribution is 5.59. The summed E-state index contributed by atoms with van der Waals surface area (Å²) in [5.74, 6) is 0. The predicted octanol–water partition coefficient (Wildman–Crippen LogP) is 1.50. The van der Waals surface area contributed by atoms with Gasteiger partial charge in [-0.2, -0.15) is 0 Å². The van der Waals surface area contributed by atoms with Crippen molar-refractivity contribution >= 4 is 6.16 Å². The highest BCUT2D eigenvalue weighted by Crippen LogP contribution is 2.00. The minimum atomic E-state index is -0.618. The Kier molecular flexibility index (Phi) is 17.4. The van der Waals surface area contributed by atoms with Crippen LogP contribution in [0, 0.1) is 0 Å². The third kappa shape index (κ3) is 17.2. The molecule has 22 heavy (non-hydrogen) atoms. The first-order chi connectivity index (χ1) is 10.8. The van der Waals surface area contributed by atoms with Crippen LogP contribution in [0.5, 0.6) is 0 Å². The van der Waals surface area contributed by atoms with Gasteiger partial charge in [0.05, 0.1) is 39.6 Å². The van der Waals surface area contributed by atoms with E-state index < -0.39 is 6.16 Å². The monoisotopic (exact) mass is 322 g/mol. The Balaban J connectivity index is 3.13. The molecule has 0 unspecified atom stereocenters. The second kappa shape index (κ2) is 18.2. The summed E-state index contributed by atoms with van der Waals surface area (Å²) in [5.41, 5.74) is 0. The fourth-order valence-electron chi connectivity index (χ4n) is 1.65. The van der Waals surface area contributed by atoms with E-state index in [-0.39, 0.29) is 13.2 Å². The molecule has 0 fully saturated rings. The summed E-state index contributed by atoms with van der Waals surface area (Å²) in [6.45, 7) is 2.78. The SMILES string of the molecule is O=C(OCCCCCOCCO)OCCCCCOCCO. The van der Waals surface area contributed by atoms with Crippen LogP contribution >= 0.6 is 0 Å². The molecule has 0 aromatic rings. The molecule has 0 bridgehead atoms. The molecule has 0 saturated heterocycles. The van der Waals surface area contributed by atoms with Crippen LogP contribution in [-0.2, 0) is 18.9 Å². The van der Waals surface area contributed by atoms with Crippen LogP contribution in [0.2, 0.25) is 0 Å². The number of hydrogen-bond acceptors (Lipinski definition) is 7. The lowest BCUT2D eigenvalue weighted by Gasteiger charge is -2.06. The maximum absolute atomic E-state index is 11.2. The van der Waals surface area contributed by atoms with Gasteiger partial charge in [0.2, 0.25) is 0 Å². The van der Waals surface area contributed by atoms with Gasteiger partial charge in [0.1, 0.15) is 0 Å². The number of carbonyl (C=O) groups is 1. The summed E-state index contributed by atoms with van der Waals surface area (Å²) in [4.78, 5) is 11.2. The second-order valence-electron chi connectivity index (χ2n) is 4.74. The Morgan fingerprint density at radius 3 is 1.41 bits per heavy atom. The van der Waals surface area contributed by atoms with Crippen molar-refractivity contribution in [3.8, 4) is 0 Å². The average molecular weight is 322 g/mol. The fraction of sp³-hybridized carbons (Fsp3) is 0.933. The van der Waals surface area contributed by atoms with Crippen molar-refractivity contribution in [3.63, 3.8) is 0 Å². The van der Waals surface area contributed by atoms with Gasteiger partial charge in [-0.25, -0.2) is 4.79 Å². The van der Waals surface area contributed by atoms with E-state index in [0.717, 1.165) is 38.5 Å². The van der Waals surface area contributed by atoms with Crippen LogP contribution < -0.4 is 0 Å². The van der Waals surface area contributed by atoms with Gasteiger partial charge in [-0.3, -0.25) is 0 Å². The van der Waals surface area contributed by atoms with Gasteiger partial charge in [-0.15, -0.1) is 0 Å². The maximum Gasteiger partial charge on any atom is 0.508 e. The predicted molar refractivity (Wildman–Crippen MR) is 80.8 cm³/mol. The highest BCUT2D eigenvalue weighted by Gasteiger charge is 2.03. The molecule has 0 aliphatic carbocycles. The molecule has 7 nitrogen and oxygen atoms in total. The minimum absolute atomic E-state index is 0.0463. The molecule has 0 aliphatic heterocycles. The van der Waals surface area contributed by atoms with Crippen molar-refractivity contribution in [2.45, 2.75) is 38.5 Å². The van der Waals surface area contributed by atoms with Gasteiger partial charge in [0, 0.05) is 13.2 Å². The minimum Gasteiger partial charge on any atom is -0.434 e. The van der Waals surface area contributed by atoms with E-state index in [1.165, 1.54) is 0 Å². The van der Waals surface area contributed by atoms with Crippen molar-refractivity contribution < 1.29 is 34.0 Å². The molecule has 0 spiro atoms. The quantitative estimate of drug-likeness (QED) is 0.328. The van der Waals surface area contributed by atoms with Crippen molar-refractivity contribution in [1.82, 2.24) is 0 Å². The van der Waals surface area contributed by atoms with Crippen LogP contribution in [0.4, 0.5) is 4.79 Å². The van der Waals surface area contributed by atoms with Crippen molar-refractivity contribution in [2.75, 3.05) is 52.9 Å². The molecule has 0 aromatic heterocycles.